The molecule has 0 aliphatic carbocycles. The van der Waals surface area contributed by atoms with Crippen LogP contribution in [0, 0.1) is 5.92 Å². The molecule has 1 aromatic carbocycles. The van der Waals surface area contributed by atoms with Crippen molar-refractivity contribution in [2.24, 2.45) is 5.92 Å². The number of nitrogens with zero attached hydrogens (tertiary/aromatic N) is 1. The van der Waals surface area contributed by atoms with Gasteiger partial charge >= 0.3 is 0 Å². The molecule has 114 valence electrons. The number of hydrogen-bond donors (Lipinski definition) is 1. The van der Waals surface area contributed by atoms with Crippen molar-refractivity contribution in [1.29, 1.82) is 0 Å². The number of sulfonamides is 1. The molecule has 0 amide bonds. The summed E-state index contributed by atoms with van der Waals surface area (Å²) in [5.41, 5.74) is 6.14. The van der Waals surface area contributed by atoms with E-state index in [2.05, 4.69) is 29.8 Å². The lowest BCUT2D eigenvalue weighted by atomic mass is 10.1. The molecule has 0 heterocycles. The molecule has 0 radical (unpaired) electrons. The van der Waals surface area contributed by atoms with E-state index >= 15 is 0 Å². The molecular formula is C13H21BrN2O3S. The van der Waals surface area contributed by atoms with Crippen LogP contribution in [0.4, 0.5) is 5.69 Å². The highest BCUT2D eigenvalue weighted by molar-refractivity contribution is 9.10. The number of nitrogen functional groups attached to an aromatic ring is 1. The fourth-order valence-electron chi connectivity index (χ4n) is 1.64. The Bertz CT molecular complexity index is 573. The van der Waals surface area contributed by atoms with Crippen LogP contribution in [0.25, 0.3) is 0 Å². The van der Waals surface area contributed by atoms with E-state index in [1.807, 2.05) is 0 Å². The molecule has 0 saturated heterocycles. The fourth-order valence-corrected chi connectivity index (χ4v) is 3.32. The van der Waals surface area contributed by atoms with Gasteiger partial charge in [0.25, 0.3) is 0 Å². The average molecular weight is 365 g/mol. The van der Waals surface area contributed by atoms with Crippen molar-refractivity contribution in [3.63, 3.8) is 0 Å². The van der Waals surface area contributed by atoms with E-state index in [0.717, 1.165) is 6.42 Å². The third kappa shape index (κ3) is 3.86. The van der Waals surface area contributed by atoms with Gasteiger partial charge < -0.3 is 10.5 Å². The molecule has 5 nitrogen and oxygen atoms in total. The van der Waals surface area contributed by atoms with E-state index in [1.165, 1.54) is 17.5 Å². The maximum Gasteiger partial charge on any atom is 0.246 e. The van der Waals surface area contributed by atoms with Crippen LogP contribution in [0.3, 0.4) is 0 Å². The highest BCUT2D eigenvalue weighted by Gasteiger charge is 2.25. The van der Waals surface area contributed by atoms with Crippen molar-refractivity contribution < 1.29 is 13.2 Å². The smallest absolute Gasteiger partial charge is 0.246 e. The Morgan fingerprint density at radius 2 is 2.00 bits per heavy atom. The van der Waals surface area contributed by atoms with Crippen LogP contribution in [0.2, 0.25) is 0 Å². The number of halogens is 1. The first kappa shape index (κ1) is 17.3. The van der Waals surface area contributed by atoms with Crippen molar-refractivity contribution in [1.82, 2.24) is 4.31 Å². The predicted molar refractivity (Wildman–Crippen MR) is 84.4 cm³/mol. The number of anilines is 1. The van der Waals surface area contributed by atoms with Crippen LogP contribution in [0.15, 0.2) is 21.5 Å². The topological polar surface area (TPSA) is 72.6 Å². The highest BCUT2D eigenvalue weighted by atomic mass is 79.9. The Labute approximate surface area is 129 Å². The Morgan fingerprint density at radius 3 is 2.50 bits per heavy atom. The minimum Gasteiger partial charge on any atom is -0.495 e. The molecule has 0 saturated carbocycles. The SMILES string of the molecule is COc1cc(Br)c(N)cc1S(=O)(=O)N(C)CCC(C)C. The Morgan fingerprint density at radius 1 is 1.40 bits per heavy atom. The maximum absolute atomic E-state index is 12.6. The van der Waals surface area contributed by atoms with Crippen LogP contribution < -0.4 is 10.5 Å². The third-order valence-corrected chi connectivity index (χ3v) is 5.56. The Hall–Kier alpha value is -0.790. The van der Waals surface area contributed by atoms with E-state index < -0.39 is 10.0 Å². The molecule has 1 aromatic rings. The van der Waals surface area contributed by atoms with E-state index in [0.29, 0.717) is 22.6 Å². The molecule has 1 rings (SSSR count). The Balaban J connectivity index is 3.18. The molecule has 0 fully saturated rings. The summed E-state index contributed by atoms with van der Waals surface area (Å²) in [4.78, 5) is 0.0898. The number of ether oxygens (including phenoxy) is 1. The summed E-state index contributed by atoms with van der Waals surface area (Å²) in [6.07, 6.45) is 0.796. The number of rotatable bonds is 6. The lowest BCUT2D eigenvalue weighted by Crippen LogP contribution is -2.29. The number of benzene rings is 1. The van der Waals surface area contributed by atoms with Gasteiger partial charge in [-0.15, -0.1) is 0 Å². The molecule has 0 aliphatic rings. The van der Waals surface area contributed by atoms with Crippen LogP contribution in [-0.4, -0.2) is 33.4 Å². The quantitative estimate of drug-likeness (QED) is 0.787. The van der Waals surface area contributed by atoms with Gasteiger partial charge in [-0.25, -0.2) is 12.7 Å². The molecule has 20 heavy (non-hydrogen) atoms. The van der Waals surface area contributed by atoms with Crippen molar-refractivity contribution in [2.45, 2.75) is 25.2 Å². The van der Waals surface area contributed by atoms with E-state index in [9.17, 15) is 8.42 Å². The summed E-state index contributed by atoms with van der Waals surface area (Å²) in [6.45, 7) is 4.57. The minimum absolute atomic E-state index is 0.0898. The largest absolute Gasteiger partial charge is 0.495 e. The molecule has 0 aromatic heterocycles. The van der Waals surface area contributed by atoms with Crippen LogP contribution in [0.5, 0.6) is 5.75 Å². The lowest BCUT2D eigenvalue weighted by molar-refractivity contribution is 0.394. The summed E-state index contributed by atoms with van der Waals surface area (Å²) < 4.78 is 32.2. The van der Waals surface area contributed by atoms with Crippen molar-refractivity contribution in [2.75, 3.05) is 26.4 Å². The zero-order chi connectivity index (χ0) is 15.5. The fraction of sp³-hybridized carbons (Fsp3) is 0.538. The first-order valence-corrected chi connectivity index (χ1v) is 8.52. The summed E-state index contributed by atoms with van der Waals surface area (Å²) in [7, 11) is -0.609. The van der Waals surface area contributed by atoms with Gasteiger partial charge in [0.1, 0.15) is 10.6 Å². The van der Waals surface area contributed by atoms with E-state index in [1.54, 1.807) is 13.1 Å². The third-order valence-electron chi connectivity index (χ3n) is 2.99. The second-order valence-electron chi connectivity index (χ2n) is 5.03. The lowest BCUT2D eigenvalue weighted by Gasteiger charge is -2.20. The normalized spacial score (nSPS) is 12.2. The van der Waals surface area contributed by atoms with Crippen LogP contribution >= 0.6 is 15.9 Å². The van der Waals surface area contributed by atoms with Gasteiger partial charge in [0.05, 0.1) is 7.11 Å². The first-order chi connectivity index (χ1) is 9.20. The molecule has 0 unspecified atom stereocenters. The predicted octanol–water partition coefficient (Wildman–Crippen LogP) is 2.71. The number of hydrogen-bond acceptors (Lipinski definition) is 4. The number of methoxy groups -OCH3 is 1. The molecular weight excluding hydrogens is 344 g/mol. The molecule has 0 spiro atoms. The number of nitrogens with two attached hydrogens (primary N) is 1. The summed E-state index contributed by atoms with van der Waals surface area (Å²) in [6, 6.07) is 2.99. The maximum atomic E-state index is 12.6. The van der Waals surface area contributed by atoms with Crippen molar-refractivity contribution in [3.8, 4) is 5.75 Å². The molecule has 0 atom stereocenters. The minimum atomic E-state index is -3.61. The van der Waals surface area contributed by atoms with Gasteiger partial charge in [-0.1, -0.05) is 13.8 Å². The summed E-state index contributed by atoms with van der Waals surface area (Å²) >= 11 is 3.26. The van der Waals surface area contributed by atoms with Gasteiger partial charge in [-0.05, 0) is 40.4 Å². The van der Waals surface area contributed by atoms with E-state index in [-0.39, 0.29) is 10.6 Å². The second-order valence-corrected chi connectivity index (χ2v) is 7.90. The van der Waals surface area contributed by atoms with Gasteiger partial charge in [0, 0.05) is 23.8 Å². The van der Waals surface area contributed by atoms with Gasteiger partial charge in [0.15, 0.2) is 0 Å². The molecule has 7 heteroatoms. The average Bonchev–Trinajstić information content (AvgIpc) is 2.38. The standard InChI is InChI=1S/C13H21BrN2O3S/c1-9(2)5-6-16(3)20(17,18)13-8-11(15)10(14)7-12(13)19-4/h7-9H,5-6,15H2,1-4H3. The molecule has 0 aliphatic heterocycles. The zero-order valence-electron chi connectivity index (χ0n) is 12.2. The van der Waals surface area contributed by atoms with Crippen molar-refractivity contribution >= 4 is 31.6 Å². The second kappa shape index (κ2) is 6.78. The summed E-state index contributed by atoms with van der Waals surface area (Å²) in [5, 5.41) is 0. The molecule has 0 bridgehead atoms. The molecule has 2 N–H and O–H groups in total. The van der Waals surface area contributed by atoms with Crippen LogP contribution in [-0.2, 0) is 10.0 Å². The van der Waals surface area contributed by atoms with Crippen LogP contribution in [0.1, 0.15) is 20.3 Å². The zero-order valence-corrected chi connectivity index (χ0v) is 14.6. The van der Waals surface area contributed by atoms with Gasteiger partial charge in [-0.3, -0.25) is 0 Å². The monoisotopic (exact) mass is 364 g/mol. The van der Waals surface area contributed by atoms with Gasteiger partial charge in [-0.2, -0.15) is 0 Å². The first-order valence-electron chi connectivity index (χ1n) is 6.29. The Kier molecular flexibility index (Phi) is 5.85. The van der Waals surface area contributed by atoms with Gasteiger partial charge in [0.2, 0.25) is 10.0 Å². The highest BCUT2D eigenvalue weighted by Crippen LogP contribution is 2.33. The van der Waals surface area contributed by atoms with Crippen molar-refractivity contribution in [3.05, 3.63) is 16.6 Å². The summed E-state index contributed by atoms with van der Waals surface area (Å²) in [5.74, 6) is 0.715. The van der Waals surface area contributed by atoms with E-state index in [4.69, 9.17) is 10.5 Å².